The monoisotopic (exact) mass is 251 g/mol. The van der Waals surface area contributed by atoms with Gasteiger partial charge in [-0.3, -0.25) is 9.59 Å². The van der Waals surface area contributed by atoms with Gasteiger partial charge in [0.15, 0.2) is 0 Å². The van der Waals surface area contributed by atoms with Crippen LogP contribution in [0.3, 0.4) is 0 Å². The molecule has 1 rings (SSSR count). The molecular weight excluding hydrogens is 234 g/mol. The Kier molecular flexibility index (Phi) is 3.96. The van der Waals surface area contributed by atoms with E-state index in [9.17, 15) is 14.7 Å². The number of carboxylic acid groups (broad SMARTS) is 1. The van der Waals surface area contributed by atoms with Crippen LogP contribution >= 0.6 is 0 Å². The summed E-state index contributed by atoms with van der Waals surface area (Å²) in [4.78, 5) is 22.8. The Balaban J connectivity index is 2.75. The van der Waals surface area contributed by atoms with E-state index in [-0.39, 0.29) is 18.2 Å². The predicted molar refractivity (Wildman–Crippen MR) is 66.6 cm³/mol. The summed E-state index contributed by atoms with van der Waals surface area (Å²) in [6, 6.07) is 4.41. The standard InChI is InChI=1S/C13H17NO4/c1-8-6-9(15)4-5-10(8)11(16)14-7-13(2,3)12(17)18/h4-6,15H,7H2,1-3H3,(H,14,16)(H,17,18). The van der Waals surface area contributed by atoms with Crippen LogP contribution in [0.25, 0.3) is 0 Å². The molecule has 0 aliphatic rings. The summed E-state index contributed by atoms with van der Waals surface area (Å²) in [6.45, 7) is 4.83. The van der Waals surface area contributed by atoms with Gasteiger partial charge < -0.3 is 15.5 Å². The molecule has 3 N–H and O–H groups in total. The number of hydrogen-bond donors (Lipinski definition) is 3. The van der Waals surface area contributed by atoms with E-state index in [4.69, 9.17) is 5.11 Å². The summed E-state index contributed by atoms with van der Waals surface area (Å²) in [5, 5.41) is 20.8. The number of aromatic hydroxyl groups is 1. The number of hydrogen-bond acceptors (Lipinski definition) is 3. The minimum absolute atomic E-state index is 0.0431. The zero-order valence-electron chi connectivity index (χ0n) is 10.7. The number of rotatable bonds is 4. The fourth-order valence-corrected chi connectivity index (χ4v) is 1.37. The van der Waals surface area contributed by atoms with Crippen molar-refractivity contribution in [1.82, 2.24) is 5.32 Å². The molecule has 0 heterocycles. The Morgan fingerprint density at radius 2 is 1.94 bits per heavy atom. The van der Waals surface area contributed by atoms with E-state index in [1.807, 2.05) is 0 Å². The zero-order chi connectivity index (χ0) is 13.9. The first-order valence-corrected chi connectivity index (χ1v) is 5.55. The number of carbonyl (C=O) groups is 2. The number of phenols is 1. The summed E-state index contributed by atoms with van der Waals surface area (Å²) in [5.41, 5.74) is 0.0511. The Bertz CT molecular complexity index is 480. The van der Waals surface area contributed by atoms with E-state index in [2.05, 4.69) is 5.32 Å². The smallest absolute Gasteiger partial charge is 0.310 e. The van der Waals surface area contributed by atoms with E-state index in [1.54, 1.807) is 20.8 Å². The van der Waals surface area contributed by atoms with Gasteiger partial charge in [-0.1, -0.05) is 0 Å². The lowest BCUT2D eigenvalue weighted by Gasteiger charge is -2.19. The van der Waals surface area contributed by atoms with Gasteiger partial charge in [0.2, 0.25) is 0 Å². The third-order valence-corrected chi connectivity index (χ3v) is 2.72. The van der Waals surface area contributed by atoms with Crippen molar-refractivity contribution in [2.75, 3.05) is 6.54 Å². The zero-order valence-corrected chi connectivity index (χ0v) is 10.7. The van der Waals surface area contributed by atoms with E-state index < -0.39 is 11.4 Å². The van der Waals surface area contributed by atoms with E-state index in [0.29, 0.717) is 11.1 Å². The van der Waals surface area contributed by atoms with Crippen LogP contribution in [0.15, 0.2) is 18.2 Å². The highest BCUT2D eigenvalue weighted by atomic mass is 16.4. The summed E-state index contributed by atoms with van der Waals surface area (Å²) in [5.74, 6) is -1.22. The molecule has 0 aliphatic heterocycles. The normalized spacial score (nSPS) is 11.1. The van der Waals surface area contributed by atoms with Crippen molar-refractivity contribution in [3.63, 3.8) is 0 Å². The number of carboxylic acids is 1. The van der Waals surface area contributed by atoms with Gasteiger partial charge in [-0.05, 0) is 44.5 Å². The average Bonchev–Trinajstić information content (AvgIpc) is 2.25. The van der Waals surface area contributed by atoms with Crippen LogP contribution in [-0.2, 0) is 4.79 Å². The molecule has 1 amide bonds. The van der Waals surface area contributed by atoms with Crippen molar-refractivity contribution < 1.29 is 19.8 Å². The van der Waals surface area contributed by atoms with Crippen molar-refractivity contribution in [3.05, 3.63) is 29.3 Å². The Hall–Kier alpha value is -2.04. The van der Waals surface area contributed by atoms with Crippen molar-refractivity contribution in [1.29, 1.82) is 0 Å². The summed E-state index contributed by atoms with van der Waals surface area (Å²) < 4.78 is 0. The van der Waals surface area contributed by atoms with Gasteiger partial charge in [0.25, 0.3) is 5.91 Å². The summed E-state index contributed by atoms with van der Waals surface area (Å²) in [6.07, 6.45) is 0. The predicted octanol–water partition coefficient (Wildman–Crippen LogP) is 1.54. The molecule has 1 aromatic carbocycles. The Morgan fingerprint density at radius 3 is 2.44 bits per heavy atom. The number of amides is 1. The van der Waals surface area contributed by atoms with E-state index in [1.165, 1.54) is 18.2 Å². The molecule has 0 spiro atoms. The maximum absolute atomic E-state index is 11.9. The van der Waals surface area contributed by atoms with Gasteiger partial charge in [0, 0.05) is 12.1 Å². The van der Waals surface area contributed by atoms with Crippen LogP contribution in [0.4, 0.5) is 0 Å². The second-order valence-corrected chi connectivity index (χ2v) is 4.87. The van der Waals surface area contributed by atoms with Crippen LogP contribution in [-0.4, -0.2) is 28.6 Å². The molecule has 0 atom stereocenters. The van der Waals surface area contributed by atoms with Gasteiger partial charge in [0.1, 0.15) is 5.75 Å². The maximum Gasteiger partial charge on any atom is 0.310 e. The molecule has 5 heteroatoms. The first-order valence-electron chi connectivity index (χ1n) is 5.55. The molecule has 0 aromatic heterocycles. The largest absolute Gasteiger partial charge is 0.508 e. The molecule has 0 unspecified atom stereocenters. The number of carbonyl (C=O) groups excluding carboxylic acids is 1. The van der Waals surface area contributed by atoms with E-state index >= 15 is 0 Å². The third-order valence-electron chi connectivity index (χ3n) is 2.72. The van der Waals surface area contributed by atoms with Crippen molar-refractivity contribution >= 4 is 11.9 Å². The first kappa shape index (κ1) is 14.0. The number of benzene rings is 1. The maximum atomic E-state index is 11.9. The third kappa shape index (κ3) is 3.23. The molecule has 18 heavy (non-hydrogen) atoms. The Labute approximate surface area is 105 Å². The first-order chi connectivity index (χ1) is 8.24. The van der Waals surface area contributed by atoms with Crippen LogP contribution in [0, 0.1) is 12.3 Å². The number of aryl methyl sites for hydroxylation is 1. The number of nitrogens with one attached hydrogen (secondary N) is 1. The fourth-order valence-electron chi connectivity index (χ4n) is 1.37. The molecule has 0 bridgehead atoms. The van der Waals surface area contributed by atoms with Crippen molar-refractivity contribution in [2.45, 2.75) is 20.8 Å². The molecule has 1 aromatic rings. The second-order valence-electron chi connectivity index (χ2n) is 4.87. The van der Waals surface area contributed by atoms with E-state index in [0.717, 1.165) is 0 Å². The Morgan fingerprint density at radius 1 is 1.33 bits per heavy atom. The minimum atomic E-state index is -1.01. The lowest BCUT2D eigenvalue weighted by Crippen LogP contribution is -2.39. The molecule has 0 saturated heterocycles. The van der Waals surface area contributed by atoms with Gasteiger partial charge in [-0.25, -0.2) is 0 Å². The second kappa shape index (κ2) is 5.08. The molecule has 0 radical (unpaired) electrons. The van der Waals surface area contributed by atoms with Crippen LogP contribution in [0.1, 0.15) is 29.8 Å². The molecular formula is C13H17NO4. The quantitative estimate of drug-likeness (QED) is 0.757. The molecule has 5 nitrogen and oxygen atoms in total. The SMILES string of the molecule is Cc1cc(O)ccc1C(=O)NCC(C)(C)C(=O)O. The highest BCUT2D eigenvalue weighted by Gasteiger charge is 2.27. The van der Waals surface area contributed by atoms with Crippen LogP contribution in [0.2, 0.25) is 0 Å². The van der Waals surface area contributed by atoms with Crippen LogP contribution < -0.4 is 5.32 Å². The highest BCUT2D eigenvalue weighted by Crippen LogP contribution is 2.17. The summed E-state index contributed by atoms with van der Waals surface area (Å²) in [7, 11) is 0. The molecule has 0 fully saturated rings. The average molecular weight is 251 g/mol. The number of aliphatic carboxylic acids is 1. The summed E-state index contributed by atoms with van der Waals surface area (Å²) >= 11 is 0. The highest BCUT2D eigenvalue weighted by molar-refractivity contribution is 5.96. The van der Waals surface area contributed by atoms with Gasteiger partial charge >= 0.3 is 5.97 Å². The molecule has 98 valence electrons. The van der Waals surface area contributed by atoms with Gasteiger partial charge in [-0.2, -0.15) is 0 Å². The van der Waals surface area contributed by atoms with Crippen molar-refractivity contribution in [3.8, 4) is 5.75 Å². The van der Waals surface area contributed by atoms with Gasteiger partial charge in [0.05, 0.1) is 5.41 Å². The fraction of sp³-hybridized carbons (Fsp3) is 0.385. The van der Waals surface area contributed by atoms with Gasteiger partial charge in [-0.15, -0.1) is 0 Å². The molecule has 0 saturated carbocycles. The topological polar surface area (TPSA) is 86.6 Å². The van der Waals surface area contributed by atoms with Crippen LogP contribution in [0.5, 0.6) is 5.75 Å². The lowest BCUT2D eigenvalue weighted by atomic mass is 9.93. The molecule has 0 aliphatic carbocycles. The van der Waals surface area contributed by atoms with Crippen molar-refractivity contribution in [2.24, 2.45) is 5.41 Å². The minimum Gasteiger partial charge on any atom is -0.508 e. The number of phenolic OH excluding ortho intramolecular Hbond substituents is 1. The lowest BCUT2D eigenvalue weighted by molar-refractivity contribution is -0.146.